The molecule has 5 heteroatoms. The number of amides is 1. The second kappa shape index (κ2) is 6.13. The van der Waals surface area contributed by atoms with Crippen LogP contribution in [-0.2, 0) is 0 Å². The van der Waals surface area contributed by atoms with E-state index in [1.165, 1.54) is 19.2 Å². The fourth-order valence-electron chi connectivity index (χ4n) is 2.79. The molecule has 3 rings (SSSR count). The minimum atomic E-state index is -0.237. The number of nitrogens with zero attached hydrogens (tertiary/aromatic N) is 2. The van der Waals surface area contributed by atoms with Crippen molar-refractivity contribution in [1.82, 2.24) is 9.88 Å². The summed E-state index contributed by atoms with van der Waals surface area (Å²) < 4.78 is 18.0. The summed E-state index contributed by atoms with van der Waals surface area (Å²) in [7, 11) is 1.52. The average Bonchev–Trinajstić information content (AvgIpc) is 3.05. The van der Waals surface area contributed by atoms with Crippen LogP contribution in [0.2, 0.25) is 0 Å². The van der Waals surface area contributed by atoms with Crippen molar-refractivity contribution < 1.29 is 13.9 Å². The molecule has 1 fully saturated rings. The highest BCUT2D eigenvalue weighted by molar-refractivity contribution is 5.94. The highest BCUT2D eigenvalue weighted by atomic mass is 19.1. The normalized spacial score (nSPS) is 17.5. The number of halogens is 1. The summed E-state index contributed by atoms with van der Waals surface area (Å²) in [5.41, 5.74) is 1.65. The Bertz CT molecular complexity index is 673. The van der Waals surface area contributed by atoms with Gasteiger partial charge in [0, 0.05) is 36.8 Å². The number of ether oxygens (including phenoxy) is 1. The summed E-state index contributed by atoms with van der Waals surface area (Å²) in [5, 5.41) is 0. The van der Waals surface area contributed by atoms with Gasteiger partial charge in [-0.25, -0.2) is 9.37 Å². The van der Waals surface area contributed by atoms with Crippen LogP contribution in [0.25, 0.3) is 0 Å². The zero-order valence-corrected chi connectivity index (χ0v) is 12.3. The Kier molecular flexibility index (Phi) is 4.04. The average molecular weight is 300 g/mol. The minimum Gasteiger partial charge on any atom is -0.481 e. The van der Waals surface area contributed by atoms with Crippen LogP contribution in [0, 0.1) is 5.82 Å². The molecule has 0 radical (unpaired) electrons. The third-order valence-electron chi connectivity index (χ3n) is 4.01. The van der Waals surface area contributed by atoms with Crippen molar-refractivity contribution in [2.45, 2.75) is 12.3 Å². The van der Waals surface area contributed by atoms with E-state index in [9.17, 15) is 9.18 Å². The van der Waals surface area contributed by atoms with E-state index in [4.69, 9.17) is 4.74 Å². The van der Waals surface area contributed by atoms with Gasteiger partial charge in [0.15, 0.2) is 0 Å². The Morgan fingerprint density at radius 2 is 2.09 bits per heavy atom. The monoisotopic (exact) mass is 300 g/mol. The number of carbonyl (C=O) groups excluding carboxylic acids is 1. The number of likely N-dealkylation sites (tertiary alicyclic amines) is 1. The Morgan fingerprint density at radius 1 is 1.32 bits per heavy atom. The number of hydrogen-bond donors (Lipinski definition) is 0. The summed E-state index contributed by atoms with van der Waals surface area (Å²) >= 11 is 0. The van der Waals surface area contributed by atoms with Gasteiger partial charge in [0.1, 0.15) is 5.82 Å². The molecule has 1 aliphatic rings. The second-order valence-corrected chi connectivity index (χ2v) is 5.38. The van der Waals surface area contributed by atoms with Crippen LogP contribution in [0.1, 0.15) is 28.3 Å². The van der Waals surface area contributed by atoms with Gasteiger partial charge in [-0.3, -0.25) is 4.79 Å². The maximum atomic E-state index is 13.0. The molecule has 0 saturated carbocycles. The molecule has 1 aromatic carbocycles. The second-order valence-electron chi connectivity index (χ2n) is 5.38. The summed E-state index contributed by atoms with van der Waals surface area (Å²) in [6.07, 6.45) is 2.46. The number of rotatable bonds is 3. The Hall–Kier alpha value is -2.43. The molecule has 1 atom stereocenters. The summed E-state index contributed by atoms with van der Waals surface area (Å²) in [5.74, 6) is 0.428. The van der Waals surface area contributed by atoms with Gasteiger partial charge in [-0.15, -0.1) is 0 Å². The molecule has 0 N–H and O–H groups in total. The lowest BCUT2D eigenvalue weighted by atomic mass is 9.99. The molecule has 1 amide bonds. The summed E-state index contributed by atoms with van der Waals surface area (Å²) in [6, 6.07) is 9.86. The molecular formula is C17H17FN2O2. The van der Waals surface area contributed by atoms with Crippen LogP contribution in [0.3, 0.4) is 0 Å². The maximum Gasteiger partial charge on any atom is 0.254 e. The van der Waals surface area contributed by atoms with Crippen molar-refractivity contribution in [3.05, 3.63) is 59.5 Å². The molecule has 1 saturated heterocycles. The van der Waals surface area contributed by atoms with Crippen molar-refractivity contribution in [1.29, 1.82) is 0 Å². The van der Waals surface area contributed by atoms with Crippen LogP contribution in [-0.4, -0.2) is 36.0 Å². The quantitative estimate of drug-likeness (QED) is 0.875. The molecule has 1 aliphatic heterocycles. The molecule has 0 bridgehead atoms. The molecule has 1 aromatic heterocycles. The topological polar surface area (TPSA) is 42.4 Å². The zero-order chi connectivity index (χ0) is 15.5. The fraction of sp³-hybridized carbons (Fsp3) is 0.294. The van der Waals surface area contributed by atoms with E-state index in [0.29, 0.717) is 24.5 Å². The summed E-state index contributed by atoms with van der Waals surface area (Å²) in [6.45, 7) is 1.35. The third kappa shape index (κ3) is 2.93. The van der Waals surface area contributed by atoms with E-state index in [1.807, 2.05) is 4.90 Å². The van der Waals surface area contributed by atoms with Crippen LogP contribution in [0.5, 0.6) is 5.88 Å². The maximum absolute atomic E-state index is 13.0. The van der Waals surface area contributed by atoms with Gasteiger partial charge in [-0.1, -0.05) is 12.1 Å². The van der Waals surface area contributed by atoms with Crippen LogP contribution < -0.4 is 4.74 Å². The number of benzene rings is 1. The van der Waals surface area contributed by atoms with Gasteiger partial charge >= 0.3 is 0 Å². The predicted octanol–water partition coefficient (Wildman–Crippen LogP) is 2.86. The lowest BCUT2D eigenvalue weighted by Gasteiger charge is -2.17. The highest BCUT2D eigenvalue weighted by Gasteiger charge is 2.28. The van der Waals surface area contributed by atoms with Gasteiger partial charge in [-0.2, -0.15) is 0 Å². The number of carbonyl (C=O) groups is 1. The number of aromatic nitrogens is 1. The summed E-state index contributed by atoms with van der Waals surface area (Å²) in [4.78, 5) is 18.4. The van der Waals surface area contributed by atoms with Gasteiger partial charge in [0.05, 0.1) is 7.11 Å². The largest absolute Gasteiger partial charge is 0.481 e. The van der Waals surface area contributed by atoms with Gasteiger partial charge in [0.25, 0.3) is 5.91 Å². The van der Waals surface area contributed by atoms with Crippen molar-refractivity contribution in [2.75, 3.05) is 20.2 Å². The highest BCUT2D eigenvalue weighted by Crippen LogP contribution is 2.28. The number of hydrogen-bond acceptors (Lipinski definition) is 3. The first-order valence-corrected chi connectivity index (χ1v) is 7.22. The molecule has 114 valence electrons. The molecule has 1 unspecified atom stereocenters. The molecular weight excluding hydrogens is 283 g/mol. The fourth-order valence-corrected chi connectivity index (χ4v) is 2.79. The smallest absolute Gasteiger partial charge is 0.254 e. The van der Waals surface area contributed by atoms with E-state index in [1.54, 1.807) is 30.5 Å². The third-order valence-corrected chi connectivity index (χ3v) is 4.01. The van der Waals surface area contributed by atoms with E-state index in [2.05, 4.69) is 4.98 Å². The Morgan fingerprint density at radius 3 is 2.82 bits per heavy atom. The number of pyridine rings is 1. The Balaban J connectivity index is 1.71. The van der Waals surface area contributed by atoms with Gasteiger partial charge in [-0.05, 0) is 30.2 Å². The lowest BCUT2D eigenvalue weighted by Crippen LogP contribution is -2.28. The SMILES string of the molecule is COc1cc(C(=O)N2CCC(c3ccc(F)cc3)C2)ccn1. The van der Waals surface area contributed by atoms with Crippen molar-refractivity contribution in [3.63, 3.8) is 0 Å². The van der Waals surface area contributed by atoms with Gasteiger partial charge < -0.3 is 9.64 Å². The first-order chi connectivity index (χ1) is 10.7. The number of methoxy groups -OCH3 is 1. The van der Waals surface area contributed by atoms with E-state index in [0.717, 1.165) is 12.0 Å². The molecule has 2 heterocycles. The molecule has 0 spiro atoms. The minimum absolute atomic E-state index is 0.0229. The van der Waals surface area contributed by atoms with E-state index in [-0.39, 0.29) is 17.6 Å². The van der Waals surface area contributed by atoms with E-state index >= 15 is 0 Å². The first-order valence-electron chi connectivity index (χ1n) is 7.22. The van der Waals surface area contributed by atoms with Crippen molar-refractivity contribution in [2.24, 2.45) is 0 Å². The molecule has 2 aromatic rings. The molecule has 0 aliphatic carbocycles. The van der Waals surface area contributed by atoms with Crippen LogP contribution >= 0.6 is 0 Å². The van der Waals surface area contributed by atoms with Crippen molar-refractivity contribution >= 4 is 5.91 Å². The van der Waals surface area contributed by atoms with Gasteiger partial charge in [0.2, 0.25) is 5.88 Å². The predicted molar refractivity (Wildman–Crippen MR) is 80.5 cm³/mol. The van der Waals surface area contributed by atoms with Crippen LogP contribution in [0.15, 0.2) is 42.6 Å². The molecule has 4 nitrogen and oxygen atoms in total. The standard InChI is InChI=1S/C17H17FN2O2/c1-22-16-10-13(6-8-19-16)17(21)20-9-7-14(11-20)12-2-4-15(18)5-3-12/h2-6,8,10,14H,7,9,11H2,1H3. The van der Waals surface area contributed by atoms with Crippen LogP contribution in [0.4, 0.5) is 4.39 Å². The van der Waals surface area contributed by atoms with E-state index < -0.39 is 0 Å². The molecule has 22 heavy (non-hydrogen) atoms. The van der Waals surface area contributed by atoms with Crippen molar-refractivity contribution in [3.8, 4) is 5.88 Å². The Labute approximate surface area is 128 Å². The lowest BCUT2D eigenvalue weighted by molar-refractivity contribution is 0.0790. The zero-order valence-electron chi connectivity index (χ0n) is 12.3. The first kappa shape index (κ1) is 14.5.